The van der Waals surface area contributed by atoms with Gasteiger partial charge in [0.1, 0.15) is 11.4 Å². The number of esters is 1. The molecule has 1 heterocycles. The summed E-state index contributed by atoms with van der Waals surface area (Å²) in [6.07, 6.45) is 0. The molecule has 0 bridgehead atoms. The summed E-state index contributed by atoms with van der Waals surface area (Å²) in [4.78, 5) is 16.5. The summed E-state index contributed by atoms with van der Waals surface area (Å²) in [6.45, 7) is 4.01. The standard InChI is InChI=1S/C18H15NO2/c1-12-7-9-15(11-13(12)2)21-18(20)17-10-8-14-5-3-4-6-16(14)19-17/h3-11H,1-2H3. The fourth-order valence-electron chi connectivity index (χ4n) is 2.12. The number of carbonyl (C=O) groups is 1. The number of aromatic nitrogens is 1. The first kappa shape index (κ1) is 13.3. The van der Waals surface area contributed by atoms with Crippen LogP contribution in [0.4, 0.5) is 0 Å². The lowest BCUT2D eigenvalue weighted by Crippen LogP contribution is -2.10. The molecule has 0 saturated carbocycles. The summed E-state index contributed by atoms with van der Waals surface area (Å²) in [5.74, 6) is 0.0991. The van der Waals surface area contributed by atoms with Gasteiger partial charge in [0.2, 0.25) is 0 Å². The normalized spacial score (nSPS) is 10.6. The summed E-state index contributed by atoms with van der Waals surface area (Å²) >= 11 is 0. The first-order chi connectivity index (χ1) is 10.1. The van der Waals surface area contributed by atoms with Crippen LogP contribution in [0.2, 0.25) is 0 Å². The third-order valence-corrected chi connectivity index (χ3v) is 3.50. The first-order valence-electron chi connectivity index (χ1n) is 6.79. The fourth-order valence-corrected chi connectivity index (χ4v) is 2.12. The Morgan fingerprint density at radius 3 is 2.57 bits per heavy atom. The van der Waals surface area contributed by atoms with E-state index in [1.807, 2.05) is 56.3 Å². The molecule has 21 heavy (non-hydrogen) atoms. The van der Waals surface area contributed by atoms with E-state index in [4.69, 9.17) is 4.74 Å². The van der Waals surface area contributed by atoms with Gasteiger partial charge in [0.15, 0.2) is 0 Å². The lowest BCUT2D eigenvalue weighted by Gasteiger charge is -2.07. The van der Waals surface area contributed by atoms with E-state index in [0.29, 0.717) is 11.4 Å². The van der Waals surface area contributed by atoms with Crippen LogP contribution >= 0.6 is 0 Å². The molecule has 0 atom stereocenters. The van der Waals surface area contributed by atoms with E-state index in [2.05, 4.69) is 4.98 Å². The Morgan fingerprint density at radius 1 is 0.952 bits per heavy atom. The molecule has 0 radical (unpaired) electrons. The van der Waals surface area contributed by atoms with Crippen molar-refractivity contribution in [1.82, 2.24) is 4.98 Å². The minimum absolute atomic E-state index is 0.312. The molecule has 0 aliphatic carbocycles. The molecule has 0 unspecified atom stereocenters. The van der Waals surface area contributed by atoms with Crippen molar-refractivity contribution < 1.29 is 9.53 Å². The number of nitrogens with zero attached hydrogens (tertiary/aromatic N) is 1. The van der Waals surface area contributed by atoms with Gasteiger partial charge in [-0.3, -0.25) is 0 Å². The van der Waals surface area contributed by atoms with Crippen LogP contribution in [0, 0.1) is 13.8 Å². The molecule has 2 aromatic carbocycles. The Kier molecular flexibility index (Phi) is 3.40. The number of aryl methyl sites for hydroxylation is 2. The highest BCUT2D eigenvalue weighted by Crippen LogP contribution is 2.18. The van der Waals surface area contributed by atoms with E-state index in [0.717, 1.165) is 16.5 Å². The number of hydrogen-bond acceptors (Lipinski definition) is 3. The highest BCUT2D eigenvalue weighted by atomic mass is 16.5. The maximum Gasteiger partial charge on any atom is 0.362 e. The second-order valence-electron chi connectivity index (χ2n) is 5.02. The summed E-state index contributed by atoms with van der Waals surface area (Å²) < 4.78 is 5.38. The Labute approximate surface area is 123 Å². The lowest BCUT2D eigenvalue weighted by molar-refractivity contribution is 0.0729. The van der Waals surface area contributed by atoms with Crippen molar-refractivity contribution in [3.63, 3.8) is 0 Å². The molecular formula is C18H15NO2. The number of pyridine rings is 1. The molecule has 0 saturated heterocycles. The van der Waals surface area contributed by atoms with Crippen molar-refractivity contribution in [2.24, 2.45) is 0 Å². The summed E-state index contributed by atoms with van der Waals surface area (Å²) in [6, 6.07) is 16.8. The molecule has 0 spiro atoms. The van der Waals surface area contributed by atoms with Crippen molar-refractivity contribution >= 4 is 16.9 Å². The highest BCUT2D eigenvalue weighted by Gasteiger charge is 2.11. The first-order valence-corrected chi connectivity index (χ1v) is 6.79. The minimum atomic E-state index is -0.441. The van der Waals surface area contributed by atoms with Crippen LogP contribution in [-0.2, 0) is 0 Å². The van der Waals surface area contributed by atoms with Crippen LogP contribution in [0.25, 0.3) is 10.9 Å². The largest absolute Gasteiger partial charge is 0.422 e. The van der Waals surface area contributed by atoms with E-state index in [1.54, 1.807) is 12.1 Å². The van der Waals surface area contributed by atoms with Gasteiger partial charge in [-0.1, -0.05) is 30.3 Å². The molecule has 0 aliphatic heterocycles. The number of hydrogen-bond donors (Lipinski definition) is 0. The lowest BCUT2D eigenvalue weighted by atomic mass is 10.1. The molecular weight excluding hydrogens is 262 g/mol. The Balaban J connectivity index is 1.87. The number of rotatable bonds is 2. The third-order valence-electron chi connectivity index (χ3n) is 3.50. The van der Waals surface area contributed by atoms with Gasteiger partial charge in [0, 0.05) is 5.39 Å². The van der Waals surface area contributed by atoms with Gasteiger partial charge in [0.25, 0.3) is 0 Å². The number of carbonyl (C=O) groups excluding carboxylic acids is 1. The van der Waals surface area contributed by atoms with E-state index < -0.39 is 5.97 Å². The van der Waals surface area contributed by atoms with Crippen LogP contribution < -0.4 is 4.74 Å². The van der Waals surface area contributed by atoms with Gasteiger partial charge in [-0.2, -0.15) is 0 Å². The van der Waals surface area contributed by atoms with Crippen molar-refractivity contribution in [3.05, 3.63) is 71.4 Å². The monoisotopic (exact) mass is 277 g/mol. The van der Waals surface area contributed by atoms with Gasteiger partial charge in [0.05, 0.1) is 5.52 Å². The molecule has 0 amide bonds. The smallest absolute Gasteiger partial charge is 0.362 e. The van der Waals surface area contributed by atoms with E-state index in [9.17, 15) is 4.79 Å². The van der Waals surface area contributed by atoms with E-state index in [1.165, 1.54) is 5.56 Å². The van der Waals surface area contributed by atoms with Crippen LogP contribution in [0.1, 0.15) is 21.6 Å². The van der Waals surface area contributed by atoms with Crippen LogP contribution in [0.5, 0.6) is 5.75 Å². The summed E-state index contributed by atoms with van der Waals surface area (Å²) in [5, 5.41) is 1.00. The zero-order valence-corrected chi connectivity index (χ0v) is 12.0. The van der Waals surface area contributed by atoms with Gasteiger partial charge in [-0.25, -0.2) is 9.78 Å². The van der Waals surface area contributed by atoms with E-state index in [-0.39, 0.29) is 0 Å². The predicted octanol–water partition coefficient (Wildman–Crippen LogP) is 4.07. The van der Waals surface area contributed by atoms with Crippen molar-refractivity contribution in [2.75, 3.05) is 0 Å². The second-order valence-corrected chi connectivity index (χ2v) is 5.02. The molecule has 1 aromatic heterocycles. The fraction of sp³-hybridized carbons (Fsp3) is 0.111. The zero-order valence-electron chi connectivity index (χ0n) is 12.0. The number of para-hydroxylation sites is 1. The van der Waals surface area contributed by atoms with Crippen molar-refractivity contribution in [3.8, 4) is 5.75 Å². The Hall–Kier alpha value is -2.68. The molecule has 0 aliphatic rings. The van der Waals surface area contributed by atoms with Crippen LogP contribution in [0.3, 0.4) is 0 Å². The topological polar surface area (TPSA) is 39.2 Å². The van der Waals surface area contributed by atoms with Gasteiger partial charge < -0.3 is 4.74 Å². The van der Waals surface area contributed by atoms with Gasteiger partial charge in [-0.05, 0) is 49.2 Å². The SMILES string of the molecule is Cc1ccc(OC(=O)c2ccc3ccccc3n2)cc1C. The molecule has 3 nitrogen and oxygen atoms in total. The number of fused-ring (bicyclic) bond motifs is 1. The summed E-state index contributed by atoms with van der Waals surface area (Å²) in [5.41, 5.74) is 3.35. The van der Waals surface area contributed by atoms with Gasteiger partial charge in [-0.15, -0.1) is 0 Å². The Morgan fingerprint density at radius 2 is 1.76 bits per heavy atom. The highest BCUT2D eigenvalue weighted by molar-refractivity contribution is 5.92. The third kappa shape index (κ3) is 2.77. The zero-order chi connectivity index (χ0) is 14.8. The molecule has 3 heteroatoms. The minimum Gasteiger partial charge on any atom is -0.422 e. The average molecular weight is 277 g/mol. The maximum absolute atomic E-state index is 12.2. The second kappa shape index (κ2) is 5.37. The molecule has 3 rings (SSSR count). The van der Waals surface area contributed by atoms with Crippen LogP contribution in [-0.4, -0.2) is 11.0 Å². The summed E-state index contributed by atoms with van der Waals surface area (Å²) in [7, 11) is 0. The average Bonchev–Trinajstić information content (AvgIpc) is 2.50. The number of benzene rings is 2. The van der Waals surface area contributed by atoms with Crippen LogP contribution in [0.15, 0.2) is 54.6 Å². The molecule has 0 N–H and O–H groups in total. The van der Waals surface area contributed by atoms with Crippen molar-refractivity contribution in [1.29, 1.82) is 0 Å². The number of ether oxygens (including phenoxy) is 1. The molecule has 104 valence electrons. The maximum atomic E-state index is 12.2. The van der Waals surface area contributed by atoms with Gasteiger partial charge >= 0.3 is 5.97 Å². The Bertz CT molecular complexity index is 824. The predicted molar refractivity (Wildman–Crippen MR) is 82.6 cm³/mol. The quantitative estimate of drug-likeness (QED) is 0.523. The molecule has 0 fully saturated rings. The molecule has 3 aromatic rings. The van der Waals surface area contributed by atoms with E-state index >= 15 is 0 Å². The van der Waals surface area contributed by atoms with Crippen molar-refractivity contribution in [2.45, 2.75) is 13.8 Å².